The van der Waals surface area contributed by atoms with Crippen molar-refractivity contribution in [3.05, 3.63) is 33.8 Å². The van der Waals surface area contributed by atoms with Crippen LogP contribution in [0.4, 0.5) is 8.78 Å². The van der Waals surface area contributed by atoms with Gasteiger partial charge in [0, 0.05) is 10.0 Å². The third-order valence-corrected chi connectivity index (χ3v) is 2.95. The summed E-state index contributed by atoms with van der Waals surface area (Å²) >= 11 is 14.2. The van der Waals surface area contributed by atoms with Crippen LogP contribution in [0, 0.1) is 0 Å². The van der Waals surface area contributed by atoms with Crippen LogP contribution < -0.4 is 0 Å². The Morgan fingerprint density at radius 3 is 2.38 bits per heavy atom. The molecule has 0 aliphatic carbocycles. The van der Waals surface area contributed by atoms with Crippen LogP contribution in [-0.2, 0) is 0 Å². The molecule has 0 amide bonds. The van der Waals surface area contributed by atoms with E-state index in [0.29, 0.717) is 10.6 Å². The van der Waals surface area contributed by atoms with Crippen molar-refractivity contribution < 1.29 is 8.78 Å². The van der Waals surface area contributed by atoms with Gasteiger partial charge >= 0.3 is 0 Å². The third kappa shape index (κ3) is 2.79. The molecule has 0 aromatic heterocycles. The van der Waals surface area contributed by atoms with Gasteiger partial charge in [0.15, 0.2) is 0 Å². The van der Waals surface area contributed by atoms with Crippen LogP contribution in [-0.4, -0.2) is 6.43 Å². The SMILES string of the molecule is FC(F)C(Br)c1cc(Cl)ccc1Cl. The summed E-state index contributed by atoms with van der Waals surface area (Å²) < 4.78 is 24.6. The van der Waals surface area contributed by atoms with Gasteiger partial charge < -0.3 is 0 Å². The van der Waals surface area contributed by atoms with Crippen LogP contribution in [0.2, 0.25) is 10.0 Å². The summed E-state index contributed by atoms with van der Waals surface area (Å²) in [4.78, 5) is -1.07. The normalized spacial score (nSPS) is 13.4. The molecule has 5 heteroatoms. The predicted octanol–water partition coefficient (Wildman–Crippen LogP) is 4.69. The highest BCUT2D eigenvalue weighted by molar-refractivity contribution is 9.09. The summed E-state index contributed by atoms with van der Waals surface area (Å²) in [5, 5.41) is 0.677. The minimum absolute atomic E-state index is 0.284. The Morgan fingerprint density at radius 2 is 1.85 bits per heavy atom. The largest absolute Gasteiger partial charge is 0.255 e. The van der Waals surface area contributed by atoms with E-state index in [1.807, 2.05) is 0 Å². The second-order valence-corrected chi connectivity index (χ2v) is 4.23. The molecule has 0 bridgehead atoms. The molecule has 1 rings (SSSR count). The molecule has 1 aromatic carbocycles. The van der Waals surface area contributed by atoms with E-state index >= 15 is 0 Å². The van der Waals surface area contributed by atoms with Crippen molar-refractivity contribution in [1.29, 1.82) is 0 Å². The van der Waals surface area contributed by atoms with E-state index < -0.39 is 11.3 Å². The molecule has 1 unspecified atom stereocenters. The number of hydrogen-bond donors (Lipinski definition) is 0. The lowest BCUT2D eigenvalue weighted by atomic mass is 10.1. The standard InChI is InChI=1S/C8H5BrCl2F2/c9-7(8(12)13)5-3-4(10)1-2-6(5)11/h1-3,7-8H. The van der Waals surface area contributed by atoms with E-state index in [9.17, 15) is 8.78 Å². The van der Waals surface area contributed by atoms with Gasteiger partial charge in [0.05, 0.1) is 0 Å². The molecule has 0 saturated carbocycles. The summed E-state index contributed by atoms with van der Waals surface area (Å²) in [6.07, 6.45) is -2.50. The quantitative estimate of drug-likeness (QED) is 0.693. The molecule has 0 fully saturated rings. The van der Waals surface area contributed by atoms with E-state index in [1.165, 1.54) is 12.1 Å². The Balaban J connectivity index is 3.05. The zero-order chi connectivity index (χ0) is 10.0. The van der Waals surface area contributed by atoms with Crippen molar-refractivity contribution in [3.8, 4) is 0 Å². The maximum Gasteiger partial charge on any atom is 0.255 e. The Kier molecular flexibility index (Phi) is 3.95. The number of rotatable bonds is 2. The highest BCUT2D eigenvalue weighted by atomic mass is 79.9. The Labute approximate surface area is 93.0 Å². The van der Waals surface area contributed by atoms with E-state index in [0.717, 1.165) is 0 Å². The first-order valence-electron chi connectivity index (χ1n) is 3.39. The van der Waals surface area contributed by atoms with Crippen LogP contribution in [0.5, 0.6) is 0 Å². The monoisotopic (exact) mass is 288 g/mol. The van der Waals surface area contributed by atoms with Crippen molar-refractivity contribution in [2.24, 2.45) is 0 Å². The average molecular weight is 290 g/mol. The van der Waals surface area contributed by atoms with Crippen LogP contribution in [0.1, 0.15) is 10.4 Å². The first kappa shape index (κ1) is 11.2. The minimum atomic E-state index is -2.50. The van der Waals surface area contributed by atoms with E-state index in [2.05, 4.69) is 15.9 Å². The molecular weight excluding hydrogens is 285 g/mol. The lowest BCUT2D eigenvalue weighted by Crippen LogP contribution is -2.01. The molecule has 0 spiro atoms. The van der Waals surface area contributed by atoms with Crippen LogP contribution in [0.3, 0.4) is 0 Å². The number of halogens is 5. The van der Waals surface area contributed by atoms with Gasteiger partial charge in [0.1, 0.15) is 4.83 Å². The fourth-order valence-corrected chi connectivity index (χ4v) is 1.79. The molecule has 0 heterocycles. The second kappa shape index (κ2) is 4.58. The number of benzene rings is 1. The van der Waals surface area contributed by atoms with Gasteiger partial charge in [-0.05, 0) is 23.8 Å². The van der Waals surface area contributed by atoms with E-state index in [1.54, 1.807) is 6.07 Å². The molecule has 0 saturated heterocycles. The second-order valence-electron chi connectivity index (χ2n) is 2.40. The van der Waals surface area contributed by atoms with Crippen LogP contribution >= 0.6 is 39.1 Å². The molecule has 13 heavy (non-hydrogen) atoms. The zero-order valence-electron chi connectivity index (χ0n) is 6.28. The minimum Gasteiger partial charge on any atom is -0.209 e. The summed E-state index contributed by atoms with van der Waals surface area (Å²) in [6, 6.07) is 4.48. The molecule has 72 valence electrons. The maximum atomic E-state index is 12.3. The van der Waals surface area contributed by atoms with Crippen molar-refractivity contribution in [3.63, 3.8) is 0 Å². The van der Waals surface area contributed by atoms with E-state index in [-0.39, 0.29) is 5.02 Å². The van der Waals surface area contributed by atoms with Gasteiger partial charge in [0.2, 0.25) is 0 Å². The van der Waals surface area contributed by atoms with Crippen LogP contribution in [0.25, 0.3) is 0 Å². The van der Waals surface area contributed by atoms with E-state index in [4.69, 9.17) is 23.2 Å². The summed E-state index contributed by atoms with van der Waals surface area (Å²) in [5.74, 6) is 0. The topological polar surface area (TPSA) is 0 Å². The lowest BCUT2D eigenvalue weighted by molar-refractivity contribution is 0.147. The highest BCUT2D eigenvalue weighted by Gasteiger charge is 2.21. The summed E-state index contributed by atoms with van der Waals surface area (Å²) in [6.45, 7) is 0. The lowest BCUT2D eigenvalue weighted by Gasteiger charge is -2.10. The van der Waals surface area contributed by atoms with Crippen LogP contribution in [0.15, 0.2) is 18.2 Å². The predicted molar refractivity (Wildman–Crippen MR) is 54.1 cm³/mol. The summed E-state index contributed by atoms with van der Waals surface area (Å²) in [5.41, 5.74) is 0.309. The van der Waals surface area contributed by atoms with Crippen molar-refractivity contribution in [1.82, 2.24) is 0 Å². The molecule has 0 radical (unpaired) electrons. The Morgan fingerprint density at radius 1 is 1.23 bits per heavy atom. The first-order chi connectivity index (χ1) is 6.02. The van der Waals surface area contributed by atoms with Gasteiger partial charge in [0.25, 0.3) is 6.43 Å². The molecule has 1 aromatic rings. The Hall–Kier alpha value is 0.140. The molecule has 0 N–H and O–H groups in total. The first-order valence-corrected chi connectivity index (χ1v) is 5.06. The van der Waals surface area contributed by atoms with Gasteiger partial charge in [-0.15, -0.1) is 0 Å². The van der Waals surface area contributed by atoms with Gasteiger partial charge in [-0.1, -0.05) is 39.1 Å². The molecule has 0 nitrogen and oxygen atoms in total. The number of alkyl halides is 3. The molecular formula is C8H5BrCl2F2. The fourth-order valence-electron chi connectivity index (χ4n) is 0.862. The zero-order valence-corrected chi connectivity index (χ0v) is 9.37. The van der Waals surface area contributed by atoms with Crippen molar-refractivity contribution in [2.45, 2.75) is 11.3 Å². The number of hydrogen-bond acceptors (Lipinski definition) is 0. The highest BCUT2D eigenvalue weighted by Crippen LogP contribution is 2.35. The van der Waals surface area contributed by atoms with Gasteiger partial charge in [-0.2, -0.15) is 0 Å². The molecule has 0 aliphatic heterocycles. The maximum absolute atomic E-state index is 12.3. The fraction of sp³-hybridized carbons (Fsp3) is 0.250. The Bertz CT molecular complexity index is 304. The smallest absolute Gasteiger partial charge is 0.209 e. The summed E-state index contributed by atoms with van der Waals surface area (Å²) in [7, 11) is 0. The average Bonchev–Trinajstić information content (AvgIpc) is 2.08. The van der Waals surface area contributed by atoms with Crippen molar-refractivity contribution >= 4 is 39.1 Å². The van der Waals surface area contributed by atoms with Crippen molar-refractivity contribution in [2.75, 3.05) is 0 Å². The molecule has 0 aliphatic rings. The third-order valence-electron chi connectivity index (χ3n) is 1.48. The molecule has 1 atom stereocenters. The van der Waals surface area contributed by atoms with Gasteiger partial charge in [-0.25, -0.2) is 8.78 Å². The van der Waals surface area contributed by atoms with Gasteiger partial charge in [-0.3, -0.25) is 0 Å².